The van der Waals surface area contributed by atoms with E-state index in [1.54, 1.807) is 7.11 Å². The summed E-state index contributed by atoms with van der Waals surface area (Å²) in [5.41, 5.74) is 2.16. The third kappa shape index (κ3) is 3.21. The van der Waals surface area contributed by atoms with Crippen LogP contribution >= 0.6 is 0 Å². The molecule has 2 aromatic rings. The number of anilines is 1. The second kappa shape index (κ2) is 7.50. The largest absolute Gasteiger partial charge is 0.497 e. The third-order valence-electron chi connectivity index (χ3n) is 5.61. The minimum Gasteiger partial charge on any atom is -0.497 e. The van der Waals surface area contributed by atoms with Crippen molar-refractivity contribution >= 4 is 11.6 Å². The number of methoxy groups -OCH3 is 1. The van der Waals surface area contributed by atoms with E-state index in [9.17, 15) is 4.79 Å². The van der Waals surface area contributed by atoms with Gasteiger partial charge in [-0.1, -0.05) is 36.8 Å². The Morgan fingerprint density at radius 3 is 2.31 bits per heavy atom. The molecule has 2 aromatic carbocycles. The molecule has 4 rings (SSSR count). The average Bonchev–Trinajstić information content (AvgIpc) is 2.71. The molecule has 2 heterocycles. The van der Waals surface area contributed by atoms with Gasteiger partial charge in [0.05, 0.1) is 19.1 Å². The van der Waals surface area contributed by atoms with Gasteiger partial charge in [-0.2, -0.15) is 0 Å². The first kappa shape index (κ1) is 17.1. The maximum Gasteiger partial charge on any atom is 0.234 e. The third-order valence-corrected chi connectivity index (χ3v) is 5.61. The lowest BCUT2D eigenvalue weighted by Gasteiger charge is -2.49. The van der Waals surface area contributed by atoms with Crippen LogP contribution in [0.1, 0.15) is 30.9 Å². The van der Waals surface area contributed by atoms with E-state index >= 15 is 0 Å². The second-order valence-electron chi connectivity index (χ2n) is 7.23. The highest BCUT2D eigenvalue weighted by Crippen LogP contribution is 2.44. The normalized spacial score (nSPS) is 23.6. The molecular weight excluding hydrogens is 324 g/mol. The number of hydrogen-bond donors (Lipinski definition) is 0. The van der Waals surface area contributed by atoms with Gasteiger partial charge in [0.25, 0.3) is 0 Å². The van der Waals surface area contributed by atoms with Crippen molar-refractivity contribution in [2.45, 2.75) is 25.3 Å². The first-order valence-electron chi connectivity index (χ1n) is 9.52. The van der Waals surface area contributed by atoms with Crippen molar-refractivity contribution in [3.05, 3.63) is 60.2 Å². The molecule has 2 aliphatic rings. The van der Waals surface area contributed by atoms with Gasteiger partial charge < -0.3 is 14.5 Å². The fourth-order valence-corrected chi connectivity index (χ4v) is 4.21. The Hall–Kier alpha value is -2.33. The van der Waals surface area contributed by atoms with Gasteiger partial charge in [-0.05, 0) is 55.8 Å². The highest BCUT2D eigenvalue weighted by molar-refractivity contribution is 6.03. The van der Waals surface area contributed by atoms with Gasteiger partial charge in [-0.25, -0.2) is 0 Å². The number of likely N-dealkylation sites (tertiary alicyclic amines) is 1. The van der Waals surface area contributed by atoms with Crippen LogP contribution in [0.5, 0.6) is 5.75 Å². The number of carbonyl (C=O) groups excluding carboxylic acids is 1. The standard InChI is InChI=1S/C22H26N2O2/c1-26-19-12-10-17(11-13-19)21-20(16-23-14-6-3-7-15-23)22(25)24(21)18-8-4-2-5-9-18/h2,4-5,8-13,20-21H,3,6-7,14-16H2,1H3/t20-,21-/m1/s1. The van der Waals surface area contributed by atoms with Gasteiger partial charge in [-0.3, -0.25) is 4.79 Å². The zero-order chi connectivity index (χ0) is 17.9. The first-order chi connectivity index (χ1) is 12.8. The molecule has 2 fully saturated rings. The molecular formula is C22H26N2O2. The molecule has 2 saturated heterocycles. The predicted octanol–water partition coefficient (Wildman–Crippen LogP) is 3.89. The molecule has 4 heteroatoms. The minimum atomic E-state index is 0.0294. The molecule has 0 spiro atoms. The van der Waals surface area contributed by atoms with Crippen LogP contribution in [0.3, 0.4) is 0 Å². The quantitative estimate of drug-likeness (QED) is 0.767. The number of rotatable bonds is 5. The van der Waals surface area contributed by atoms with Crippen molar-refractivity contribution in [3.63, 3.8) is 0 Å². The Morgan fingerprint density at radius 2 is 1.65 bits per heavy atom. The fourth-order valence-electron chi connectivity index (χ4n) is 4.21. The molecule has 0 N–H and O–H groups in total. The van der Waals surface area contributed by atoms with E-state index in [0.717, 1.165) is 31.1 Å². The first-order valence-corrected chi connectivity index (χ1v) is 9.52. The van der Waals surface area contributed by atoms with Crippen molar-refractivity contribution in [1.82, 2.24) is 4.90 Å². The highest BCUT2D eigenvalue weighted by atomic mass is 16.5. The van der Waals surface area contributed by atoms with Gasteiger partial charge in [0.1, 0.15) is 5.75 Å². The number of amides is 1. The topological polar surface area (TPSA) is 32.8 Å². The maximum absolute atomic E-state index is 13.0. The van der Waals surface area contributed by atoms with Crippen LogP contribution in [-0.2, 0) is 4.79 Å². The molecule has 26 heavy (non-hydrogen) atoms. The van der Waals surface area contributed by atoms with Crippen molar-refractivity contribution in [2.75, 3.05) is 31.6 Å². The zero-order valence-corrected chi connectivity index (χ0v) is 15.3. The van der Waals surface area contributed by atoms with Crippen molar-refractivity contribution in [1.29, 1.82) is 0 Å². The molecule has 4 nitrogen and oxygen atoms in total. The smallest absolute Gasteiger partial charge is 0.234 e. The number of ether oxygens (including phenoxy) is 1. The maximum atomic E-state index is 13.0. The van der Waals surface area contributed by atoms with Crippen molar-refractivity contribution < 1.29 is 9.53 Å². The summed E-state index contributed by atoms with van der Waals surface area (Å²) in [7, 11) is 1.68. The van der Waals surface area contributed by atoms with E-state index in [2.05, 4.69) is 17.0 Å². The Labute approximate surface area is 155 Å². The second-order valence-corrected chi connectivity index (χ2v) is 7.23. The lowest BCUT2D eigenvalue weighted by Crippen LogP contribution is -2.59. The van der Waals surface area contributed by atoms with Crippen LogP contribution in [0, 0.1) is 5.92 Å². The summed E-state index contributed by atoms with van der Waals surface area (Å²) in [6.07, 6.45) is 3.81. The summed E-state index contributed by atoms with van der Waals surface area (Å²) < 4.78 is 5.29. The lowest BCUT2D eigenvalue weighted by atomic mass is 9.81. The molecule has 0 radical (unpaired) electrons. The molecule has 136 valence electrons. The van der Waals surface area contributed by atoms with E-state index in [1.165, 1.54) is 24.8 Å². The van der Waals surface area contributed by atoms with Gasteiger partial charge in [0.2, 0.25) is 5.91 Å². The summed E-state index contributed by atoms with van der Waals surface area (Å²) in [5, 5.41) is 0. The molecule has 0 bridgehead atoms. The summed E-state index contributed by atoms with van der Waals surface area (Å²) >= 11 is 0. The van der Waals surface area contributed by atoms with E-state index in [4.69, 9.17) is 4.74 Å². The molecule has 0 aromatic heterocycles. The van der Waals surface area contributed by atoms with Crippen LogP contribution < -0.4 is 9.64 Å². The number of benzene rings is 2. The molecule has 2 atom stereocenters. The molecule has 0 aliphatic carbocycles. The van der Waals surface area contributed by atoms with Crippen molar-refractivity contribution in [3.8, 4) is 5.75 Å². The monoisotopic (exact) mass is 350 g/mol. The number of hydrogen-bond acceptors (Lipinski definition) is 3. The Bertz CT molecular complexity index is 738. The number of β-lactam (4-membered cyclic amide) rings is 1. The molecule has 0 saturated carbocycles. The fraction of sp³-hybridized carbons (Fsp3) is 0.409. The lowest BCUT2D eigenvalue weighted by molar-refractivity contribution is -0.131. The van der Waals surface area contributed by atoms with E-state index < -0.39 is 0 Å². The Kier molecular flexibility index (Phi) is 4.93. The highest BCUT2D eigenvalue weighted by Gasteiger charge is 2.49. The molecule has 0 unspecified atom stereocenters. The summed E-state index contributed by atoms with van der Waals surface area (Å²) in [5.74, 6) is 1.11. The van der Waals surface area contributed by atoms with E-state index in [-0.39, 0.29) is 17.9 Å². The predicted molar refractivity (Wildman–Crippen MR) is 103 cm³/mol. The van der Waals surface area contributed by atoms with Crippen LogP contribution in [-0.4, -0.2) is 37.6 Å². The summed E-state index contributed by atoms with van der Waals surface area (Å²) in [6, 6.07) is 18.3. The van der Waals surface area contributed by atoms with Gasteiger partial charge >= 0.3 is 0 Å². The van der Waals surface area contributed by atoms with Crippen LogP contribution in [0.4, 0.5) is 5.69 Å². The van der Waals surface area contributed by atoms with Crippen LogP contribution in [0.15, 0.2) is 54.6 Å². The van der Waals surface area contributed by atoms with E-state index in [1.807, 2.05) is 47.4 Å². The number of carbonyl (C=O) groups is 1. The number of para-hydroxylation sites is 1. The van der Waals surface area contributed by atoms with E-state index in [0.29, 0.717) is 0 Å². The minimum absolute atomic E-state index is 0.0294. The van der Waals surface area contributed by atoms with Gasteiger partial charge in [-0.15, -0.1) is 0 Å². The van der Waals surface area contributed by atoms with Gasteiger partial charge in [0, 0.05) is 12.2 Å². The number of piperidine rings is 1. The zero-order valence-electron chi connectivity index (χ0n) is 15.3. The van der Waals surface area contributed by atoms with Crippen molar-refractivity contribution in [2.24, 2.45) is 5.92 Å². The van der Waals surface area contributed by atoms with Crippen LogP contribution in [0.2, 0.25) is 0 Å². The Balaban J connectivity index is 1.61. The van der Waals surface area contributed by atoms with Gasteiger partial charge in [0.15, 0.2) is 0 Å². The average molecular weight is 350 g/mol. The number of nitrogens with zero attached hydrogens (tertiary/aromatic N) is 2. The van der Waals surface area contributed by atoms with Crippen LogP contribution in [0.25, 0.3) is 0 Å². The molecule has 2 aliphatic heterocycles. The summed E-state index contributed by atoms with van der Waals surface area (Å²) in [6.45, 7) is 3.09. The summed E-state index contributed by atoms with van der Waals surface area (Å²) in [4.78, 5) is 17.4. The SMILES string of the molecule is COc1ccc([C@@H]2[C@@H](CN3CCCCC3)C(=O)N2c2ccccc2)cc1. The molecule has 1 amide bonds. The Morgan fingerprint density at radius 1 is 0.962 bits per heavy atom.